The van der Waals surface area contributed by atoms with E-state index in [-0.39, 0.29) is 20.7 Å². The number of aryl methyl sites for hydroxylation is 1. The Morgan fingerprint density at radius 2 is 1.17 bits per heavy atom. The summed E-state index contributed by atoms with van der Waals surface area (Å²) in [5, 5.41) is 8.86. The maximum atomic E-state index is 13.5. The zero-order chi connectivity index (χ0) is 43.2. The number of hydrogen-bond acceptors (Lipinski definition) is 7. The molecule has 6 aromatic carbocycles. The van der Waals surface area contributed by atoms with Crippen LogP contribution in [-0.4, -0.2) is 48.5 Å². The Labute approximate surface area is 361 Å². The standard InChI is InChI=1S/C47H44B3O7S3/c1-7-9-34-27-38(48-6)20-24-42(34)47(4,5)43-25-21-39(28-35(43)10-8-2)49-36-16-12-32(13-17-36)33-14-18-37(19-15-33)50-44-26-23-41(30-46(44)60(54,55)56)59(52,53)40-22-11-31(3)45(29-40)58-57-51/h7-8,11-30,51H,1-2,9-10H2,3-6H3,(H,54,55,56). The first-order chi connectivity index (χ1) is 28.6. The second-order valence-electron chi connectivity index (χ2n) is 15.0. The van der Waals surface area contributed by atoms with Gasteiger partial charge < -0.3 is 0 Å². The highest BCUT2D eigenvalue weighted by Crippen LogP contribution is 2.36. The van der Waals surface area contributed by atoms with E-state index in [1.54, 1.807) is 20.3 Å². The van der Waals surface area contributed by atoms with E-state index in [0.717, 1.165) is 41.0 Å². The van der Waals surface area contributed by atoms with Crippen LogP contribution < -0.4 is 27.3 Å². The number of allylic oxidation sites excluding steroid dienone is 2. The van der Waals surface area contributed by atoms with Gasteiger partial charge in [0.25, 0.3) is 10.1 Å². The Hall–Kier alpha value is -4.88. The van der Waals surface area contributed by atoms with Crippen molar-refractivity contribution < 1.29 is 31.0 Å². The van der Waals surface area contributed by atoms with Crippen LogP contribution in [0, 0.1) is 6.92 Å². The van der Waals surface area contributed by atoms with E-state index in [0.29, 0.717) is 28.0 Å². The van der Waals surface area contributed by atoms with Crippen molar-refractivity contribution in [1.82, 2.24) is 0 Å². The van der Waals surface area contributed by atoms with Gasteiger partial charge in [-0.25, -0.2) is 13.7 Å². The average Bonchev–Trinajstić information content (AvgIpc) is 3.22. The monoisotopic (exact) mass is 849 g/mol. The van der Waals surface area contributed by atoms with Crippen LogP contribution in [0.4, 0.5) is 0 Å². The highest BCUT2D eigenvalue weighted by Gasteiger charge is 2.28. The largest absolute Gasteiger partial charge is 0.294 e. The highest BCUT2D eigenvalue weighted by atomic mass is 32.2. The zero-order valence-corrected chi connectivity index (χ0v) is 36.4. The van der Waals surface area contributed by atoms with Gasteiger partial charge in [-0.15, -0.1) is 13.2 Å². The van der Waals surface area contributed by atoms with Gasteiger partial charge in [-0.3, -0.25) is 4.55 Å². The van der Waals surface area contributed by atoms with Crippen LogP contribution in [0.5, 0.6) is 0 Å². The van der Waals surface area contributed by atoms with Gasteiger partial charge in [0.2, 0.25) is 9.84 Å². The summed E-state index contributed by atoms with van der Waals surface area (Å²) < 4.78 is 66.3. The van der Waals surface area contributed by atoms with Crippen molar-refractivity contribution in [2.75, 3.05) is 0 Å². The van der Waals surface area contributed by atoms with Crippen molar-refractivity contribution >= 4 is 81.2 Å². The first-order valence-corrected chi connectivity index (χ1v) is 22.9. The first-order valence-electron chi connectivity index (χ1n) is 19.2. The van der Waals surface area contributed by atoms with Gasteiger partial charge in [-0.2, -0.15) is 12.8 Å². The molecule has 13 heteroatoms. The molecule has 3 radical (unpaired) electrons. The molecule has 7 nitrogen and oxygen atoms in total. The molecule has 0 fully saturated rings. The Morgan fingerprint density at radius 1 is 0.667 bits per heavy atom. The molecule has 0 amide bonds. The normalized spacial score (nSPS) is 11.8. The topological polar surface area (TPSA) is 118 Å². The molecule has 0 atom stereocenters. The van der Waals surface area contributed by atoms with Gasteiger partial charge in [0, 0.05) is 10.3 Å². The second kappa shape index (κ2) is 18.8. The molecule has 2 N–H and O–H groups in total. The molecule has 0 aliphatic heterocycles. The third-order valence-corrected chi connectivity index (χ3v) is 14.0. The van der Waals surface area contributed by atoms with E-state index in [4.69, 9.17) is 5.26 Å². The summed E-state index contributed by atoms with van der Waals surface area (Å²) >= 11 is 0.586. The number of hydrogen-bond donors (Lipinski definition) is 2. The third-order valence-electron chi connectivity index (χ3n) is 10.6. The highest BCUT2D eigenvalue weighted by molar-refractivity contribution is 7.94. The number of rotatable bonds is 17. The molecule has 301 valence electrons. The molecule has 6 aromatic rings. The molecular formula is C47H44B3O7S3. The molecule has 60 heavy (non-hydrogen) atoms. The summed E-state index contributed by atoms with van der Waals surface area (Å²) in [6.45, 7) is 16.4. The van der Waals surface area contributed by atoms with Crippen LogP contribution in [-0.2, 0) is 42.5 Å². The lowest BCUT2D eigenvalue weighted by atomic mass is 9.62. The molecule has 0 aliphatic rings. The average molecular weight is 849 g/mol. The lowest BCUT2D eigenvalue weighted by Crippen LogP contribution is -2.31. The van der Waals surface area contributed by atoms with Gasteiger partial charge >= 0.3 is 0 Å². The van der Waals surface area contributed by atoms with Crippen molar-refractivity contribution in [2.24, 2.45) is 0 Å². The van der Waals surface area contributed by atoms with Gasteiger partial charge in [0.1, 0.15) is 7.28 Å². The van der Waals surface area contributed by atoms with Gasteiger partial charge in [-0.05, 0) is 83.0 Å². The molecule has 0 heterocycles. The van der Waals surface area contributed by atoms with Gasteiger partial charge in [0.05, 0.1) is 26.7 Å². The van der Waals surface area contributed by atoms with Crippen LogP contribution >= 0.6 is 12.0 Å². The van der Waals surface area contributed by atoms with Crippen molar-refractivity contribution in [2.45, 2.75) is 65.4 Å². The fourth-order valence-electron chi connectivity index (χ4n) is 7.46. The molecule has 0 spiro atoms. The van der Waals surface area contributed by atoms with E-state index < -0.39 is 24.9 Å². The molecular weight excluding hydrogens is 805 g/mol. The van der Waals surface area contributed by atoms with Crippen molar-refractivity contribution in [3.8, 4) is 11.1 Å². The van der Waals surface area contributed by atoms with E-state index in [9.17, 15) is 21.4 Å². The molecule has 6 rings (SSSR count). The minimum absolute atomic E-state index is 0.118. The summed E-state index contributed by atoms with van der Waals surface area (Å²) in [5.41, 5.74) is 11.5. The smallest absolute Gasteiger partial charge is 0.282 e. The number of sulfone groups is 1. The predicted molar refractivity (Wildman–Crippen MR) is 248 cm³/mol. The number of benzene rings is 6. The van der Waals surface area contributed by atoms with Crippen LogP contribution in [0.25, 0.3) is 11.1 Å². The fraction of sp³-hybridized carbons (Fsp3) is 0.149. The fourth-order valence-corrected chi connectivity index (χ4v) is 10.1. The van der Waals surface area contributed by atoms with Crippen LogP contribution in [0.3, 0.4) is 0 Å². The summed E-state index contributed by atoms with van der Waals surface area (Å²) in [6, 6.07) is 36.9. The Balaban J connectivity index is 1.18. The molecule has 0 saturated heterocycles. The lowest BCUT2D eigenvalue weighted by Gasteiger charge is -2.31. The van der Waals surface area contributed by atoms with E-state index in [1.165, 1.54) is 52.0 Å². The van der Waals surface area contributed by atoms with E-state index >= 15 is 0 Å². The zero-order valence-electron chi connectivity index (χ0n) is 33.9. The summed E-state index contributed by atoms with van der Waals surface area (Å²) in [5.74, 6) is 0. The quantitative estimate of drug-likeness (QED) is 0.0260. The molecule has 0 saturated carbocycles. The molecule has 0 aromatic heterocycles. The van der Waals surface area contributed by atoms with E-state index in [2.05, 4.69) is 101 Å². The van der Waals surface area contributed by atoms with Crippen molar-refractivity contribution in [3.63, 3.8) is 0 Å². The van der Waals surface area contributed by atoms with Gasteiger partial charge in [0.15, 0.2) is 14.6 Å². The molecule has 0 unspecified atom stereocenters. The van der Waals surface area contributed by atoms with Crippen LogP contribution in [0.15, 0.2) is 166 Å². The van der Waals surface area contributed by atoms with Crippen LogP contribution in [0.1, 0.15) is 41.7 Å². The minimum Gasteiger partial charge on any atom is -0.282 e. The molecule has 0 bridgehead atoms. The van der Waals surface area contributed by atoms with Gasteiger partial charge in [-0.1, -0.05) is 157 Å². The Kier molecular flexibility index (Phi) is 14.0. The summed E-state index contributed by atoms with van der Waals surface area (Å²) in [7, 11) is -3.17. The SMILES string of the molecule is C=CCc1cc([B]C)ccc1C(C)(C)c1ccc([B]c2ccc(-c3ccc([B]c4ccc(S(=O)(=O)c5ccc(C)c(SOO)c5)cc4S(=O)(=O)O)cc3)cc2)cc1CC=C. The lowest BCUT2D eigenvalue weighted by molar-refractivity contribution is -0.116. The molecule has 0 aliphatic carbocycles. The van der Waals surface area contributed by atoms with E-state index in [1.807, 2.05) is 48.6 Å². The third kappa shape index (κ3) is 10.0. The summed E-state index contributed by atoms with van der Waals surface area (Å²) in [6.07, 6.45) is 5.45. The van der Waals surface area contributed by atoms with Crippen molar-refractivity contribution in [3.05, 3.63) is 174 Å². The maximum Gasteiger partial charge on any atom is 0.294 e. The maximum absolute atomic E-state index is 13.5. The Morgan fingerprint density at radius 3 is 1.70 bits per heavy atom. The Bertz CT molecular complexity index is 2770. The minimum atomic E-state index is -4.82. The first kappa shape index (κ1) is 44.7. The van der Waals surface area contributed by atoms with Crippen LogP contribution in [0.2, 0.25) is 6.82 Å². The second-order valence-corrected chi connectivity index (χ2v) is 19.1. The van der Waals surface area contributed by atoms with Crippen molar-refractivity contribution in [1.29, 1.82) is 0 Å². The summed E-state index contributed by atoms with van der Waals surface area (Å²) in [4.78, 5) is -0.642. The predicted octanol–water partition coefficient (Wildman–Crippen LogP) is 6.71.